The smallest absolute Gasteiger partial charge is 0.216 e. The molecule has 0 bridgehead atoms. The molecule has 1 heterocycles. The van der Waals surface area contributed by atoms with Gasteiger partial charge in [0.1, 0.15) is 17.7 Å². The van der Waals surface area contributed by atoms with Gasteiger partial charge in [-0.05, 0) is 33.3 Å². The van der Waals surface area contributed by atoms with Gasteiger partial charge in [-0.2, -0.15) is 15.7 Å². The predicted molar refractivity (Wildman–Crippen MR) is 77.9 cm³/mol. The molecule has 0 saturated carbocycles. The van der Waals surface area contributed by atoms with Gasteiger partial charge in [0.05, 0.1) is 11.3 Å². The van der Waals surface area contributed by atoms with E-state index < -0.39 is 0 Å². The van der Waals surface area contributed by atoms with Crippen molar-refractivity contribution in [1.29, 1.82) is 10.5 Å². The number of halogens is 2. The van der Waals surface area contributed by atoms with Crippen LogP contribution < -0.4 is 5.32 Å². The average molecular weight is 395 g/mol. The number of rotatable bonds is 3. The number of nitrogens with zero attached hydrogens (tertiary/aromatic N) is 5. The van der Waals surface area contributed by atoms with E-state index in [1.807, 2.05) is 6.07 Å². The van der Waals surface area contributed by atoms with Crippen LogP contribution in [-0.2, 0) is 0 Å². The Hall–Kier alpha value is -2.23. The molecule has 1 aromatic carbocycles. The lowest BCUT2D eigenvalue weighted by atomic mass is 10.2. The number of tetrazole rings is 1. The molecule has 0 saturated heterocycles. The number of anilines is 1. The Labute approximate surface area is 130 Å². The van der Waals surface area contributed by atoms with Gasteiger partial charge in [-0.1, -0.05) is 15.9 Å². The normalized spacial score (nSPS) is 10.7. The molecular formula is C11H5Br2N7. The molecule has 9 heteroatoms. The van der Waals surface area contributed by atoms with E-state index in [1.54, 1.807) is 12.1 Å². The van der Waals surface area contributed by atoms with Gasteiger partial charge in [-0.15, -0.1) is 10.2 Å². The van der Waals surface area contributed by atoms with E-state index in [-0.39, 0.29) is 11.4 Å². The molecule has 0 atom stereocenters. The lowest BCUT2D eigenvalue weighted by Gasteiger charge is -2.07. The topological polar surface area (TPSA) is 114 Å². The predicted octanol–water partition coefficient (Wildman–Crippen LogP) is 2.57. The van der Waals surface area contributed by atoms with Crippen LogP contribution in [0.4, 0.5) is 5.69 Å². The largest absolute Gasteiger partial charge is 0.358 e. The standard InChI is InChI=1S/C11H5Br2N7/c12-8-1-6(3-14)10(9(13)2-8)16-5-7(4-15)11-17-19-20-18-11/h1-2,5,16H,(H,17,18,19,20). The minimum atomic E-state index is 0.173. The second kappa shape index (κ2) is 6.28. The number of allylic oxidation sites excluding steroid dienone is 1. The first kappa shape index (κ1) is 14.2. The Kier molecular flexibility index (Phi) is 4.45. The maximum atomic E-state index is 9.12. The minimum Gasteiger partial charge on any atom is -0.358 e. The maximum absolute atomic E-state index is 9.12. The quantitative estimate of drug-likeness (QED) is 0.773. The fourth-order valence-electron chi connectivity index (χ4n) is 1.38. The van der Waals surface area contributed by atoms with Crippen molar-refractivity contribution in [2.45, 2.75) is 0 Å². The SMILES string of the molecule is N#CC(=CNc1c(Br)cc(Br)cc1C#N)c1nn[nH]n1. The van der Waals surface area contributed by atoms with Gasteiger partial charge in [0.2, 0.25) is 5.82 Å². The monoisotopic (exact) mass is 393 g/mol. The molecule has 2 aromatic rings. The Balaban J connectivity index is 2.36. The summed E-state index contributed by atoms with van der Waals surface area (Å²) in [5.41, 5.74) is 1.16. The third-order valence-electron chi connectivity index (χ3n) is 2.24. The minimum absolute atomic E-state index is 0.173. The van der Waals surface area contributed by atoms with Crippen molar-refractivity contribution in [1.82, 2.24) is 20.6 Å². The first-order valence-electron chi connectivity index (χ1n) is 5.15. The fourth-order valence-corrected chi connectivity index (χ4v) is 2.72. The lowest BCUT2D eigenvalue weighted by molar-refractivity contribution is 0.881. The Morgan fingerprint density at radius 1 is 1.35 bits per heavy atom. The van der Waals surface area contributed by atoms with Gasteiger partial charge in [-0.3, -0.25) is 0 Å². The van der Waals surface area contributed by atoms with Crippen LogP contribution in [0.15, 0.2) is 27.3 Å². The summed E-state index contributed by atoms with van der Waals surface area (Å²) in [6.07, 6.45) is 1.42. The molecule has 0 spiro atoms. The van der Waals surface area contributed by atoms with Crippen LogP contribution in [0.5, 0.6) is 0 Å². The van der Waals surface area contributed by atoms with Gasteiger partial charge >= 0.3 is 0 Å². The molecule has 0 aliphatic carbocycles. The first-order chi connectivity index (χ1) is 9.65. The van der Waals surface area contributed by atoms with Crippen LogP contribution in [0, 0.1) is 22.7 Å². The Morgan fingerprint density at radius 2 is 2.15 bits per heavy atom. The number of hydrogen-bond acceptors (Lipinski definition) is 6. The van der Waals surface area contributed by atoms with Crippen molar-refractivity contribution >= 4 is 43.1 Å². The average Bonchev–Trinajstić information content (AvgIpc) is 2.94. The van der Waals surface area contributed by atoms with Crippen LogP contribution in [0.3, 0.4) is 0 Å². The molecular weight excluding hydrogens is 390 g/mol. The zero-order valence-corrected chi connectivity index (χ0v) is 12.9. The summed E-state index contributed by atoms with van der Waals surface area (Å²) >= 11 is 6.66. The van der Waals surface area contributed by atoms with E-state index in [9.17, 15) is 0 Å². The fraction of sp³-hybridized carbons (Fsp3) is 0. The summed E-state index contributed by atoms with van der Waals surface area (Å²) < 4.78 is 1.46. The van der Waals surface area contributed by atoms with E-state index in [2.05, 4.69) is 63.9 Å². The number of aromatic nitrogens is 4. The molecule has 0 amide bonds. The third kappa shape index (κ3) is 3.02. The van der Waals surface area contributed by atoms with E-state index in [4.69, 9.17) is 10.5 Å². The molecule has 0 aliphatic rings. The van der Waals surface area contributed by atoms with Gasteiger partial charge in [-0.25, -0.2) is 0 Å². The highest BCUT2D eigenvalue weighted by Gasteiger charge is 2.10. The van der Waals surface area contributed by atoms with Crippen LogP contribution in [0.25, 0.3) is 5.57 Å². The van der Waals surface area contributed by atoms with Crippen molar-refractivity contribution in [3.63, 3.8) is 0 Å². The molecule has 0 aliphatic heterocycles. The maximum Gasteiger partial charge on any atom is 0.216 e. The number of hydrogen-bond donors (Lipinski definition) is 2. The number of benzene rings is 1. The summed E-state index contributed by atoms with van der Waals surface area (Å²) in [7, 11) is 0. The van der Waals surface area contributed by atoms with Crippen LogP contribution in [0.2, 0.25) is 0 Å². The number of nitriles is 2. The van der Waals surface area contributed by atoms with Gasteiger partial charge in [0.25, 0.3) is 0 Å². The first-order valence-corrected chi connectivity index (χ1v) is 6.74. The molecule has 98 valence electrons. The Bertz CT molecular complexity index is 737. The van der Waals surface area contributed by atoms with Crippen molar-refractivity contribution < 1.29 is 0 Å². The highest BCUT2D eigenvalue weighted by molar-refractivity contribution is 9.11. The van der Waals surface area contributed by atoms with E-state index in [1.165, 1.54) is 6.20 Å². The second-order valence-corrected chi connectivity index (χ2v) is 5.24. The molecule has 0 unspecified atom stereocenters. The van der Waals surface area contributed by atoms with Crippen LogP contribution in [0.1, 0.15) is 11.4 Å². The summed E-state index contributed by atoms with van der Waals surface area (Å²) in [6, 6.07) is 7.48. The van der Waals surface area contributed by atoms with Crippen molar-refractivity contribution in [2.24, 2.45) is 0 Å². The van der Waals surface area contributed by atoms with Crippen molar-refractivity contribution in [3.8, 4) is 12.1 Å². The van der Waals surface area contributed by atoms with E-state index in [0.717, 1.165) is 4.47 Å². The highest BCUT2D eigenvalue weighted by atomic mass is 79.9. The summed E-state index contributed by atoms with van der Waals surface area (Å²) in [5, 5.41) is 34.2. The highest BCUT2D eigenvalue weighted by Crippen LogP contribution is 2.30. The van der Waals surface area contributed by atoms with Crippen molar-refractivity contribution in [2.75, 3.05) is 5.32 Å². The number of H-pyrrole nitrogens is 1. The zero-order valence-electron chi connectivity index (χ0n) is 9.72. The van der Waals surface area contributed by atoms with Gasteiger partial charge in [0.15, 0.2) is 0 Å². The van der Waals surface area contributed by atoms with Gasteiger partial charge in [0, 0.05) is 15.1 Å². The van der Waals surface area contributed by atoms with Crippen LogP contribution in [-0.4, -0.2) is 20.6 Å². The molecule has 1 aromatic heterocycles. The lowest BCUT2D eigenvalue weighted by Crippen LogP contribution is -1.96. The molecule has 20 heavy (non-hydrogen) atoms. The second-order valence-electron chi connectivity index (χ2n) is 3.47. The summed E-state index contributed by atoms with van der Waals surface area (Å²) in [6.45, 7) is 0. The molecule has 0 radical (unpaired) electrons. The van der Waals surface area contributed by atoms with E-state index in [0.29, 0.717) is 15.7 Å². The summed E-state index contributed by atoms with van der Waals surface area (Å²) in [4.78, 5) is 0. The Morgan fingerprint density at radius 3 is 2.75 bits per heavy atom. The van der Waals surface area contributed by atoms with Crippen molar-refractivity contribution in [3.05, 3.63) is 38.7 Å². The third-order valence-corrected chi connectivity index (χ3v) is 3.33. The molecule has 2 rings (SSSR count). The van der Waals surface area contributed by atoms with Crippen LogP contribution >= 0.6 is 31.9 Å². The summed E-state index contributed by atoms with van der Waals surface area (Å²) in [5.74, 6) is 0.173. The zero-order chi connectivity index (χ0) is 14.5. The van der Waals surface area contributed by atoms with E-state index >= 15 is 0 Å². The molecule has 2 N–H and O–H groups in total. The van der Waals surface area contributed by atoms with Gasteiger partial charge < -0.3 is 5.32 Å². The molecule has 7 nitrogen and oxygen atoms in total. The number of aromatic amines is 1. The number of nitrogens with one attached hydrogen (secondary N) is 2. The molecule has 0 fully saturated rings.